The van der Waals surface area contributed by atoms with Crippen molar-refractivity contribution in [2.75, 3.05) is 39.0 Å². The number of carbonyl (C=O) groups excluding carboxylic acids is 1. The number of nitrogens with one attached hydrogen (secondary N) is 2. The van der Waals surface area contributed by atoms with E-state index in [1.54, 1.807) is 6.92 Å². The van der Waals surface area contributed by atoms with Crippen molar-refractivity contribution in [3.05, 3.63) is 34.7 Å². The zero-order valence-corrected chi connectivity index (χ0v) is 15.9. The standard InChI is InChI=1S/C17H27ClN4O3/c1-5-22(6-2)8-7-20-17(23)13-9-14(18)15(19)10-16(13)25-11-12(3)21-24-4/h9-11,21H,5-8,19H2,1-4H3,(H,20,23). The van der Waals surface area contributed by atoms with Gasteiger partial charge in [0.1, 0.15) is 12.0 Å². The molecule has 0 atom stereocenters. The Kier molecular flexibility index (Phi) is 9.12. The number of nitrogen functional groups attached to an aromatic ring is 1. The van der Waals surface area contributed by atoms with E-state index in [0.717, 1.165) is 19.6 Å². The number of hydrogen-bond acceptors (Lipinski definition) is 6. The third kappa shape index (κ3) is 6.81. The molecular formula is C17H27ClN4O3. The molecule has 0 saturated carbocycles. The number of carbonyl (C=O) groups is 1. The van der Waals surface area contributed by atoms with Crippen LogP contribution in [0.1, 0.15) is 31.1 Å². The van der Waals surface area contributed by atoms with Gasteiger partial charge >= 0.3 is 0 Å². The highest BCUT2D eigenvalue weighted by Gasteiger charge is 2.15. The maximum atomic E-state index is 12.5. The highest BCUT2D eigenvalue weighted by Crippen LogP contribution is 2.29. The summed E-state index contributed by atoms with van der Waals surface area (Å²) in [6, 6.07) is 3.03. The van der Waals surface area contributed by atoms with Crippen LogP contribution in [0, 0.1) is 0 Å². The van der Waals surface area contributed by atoms with Gasteiger partial charge in [-0.05, 0) is 26.1 Å². The Labute approximate surface area is 154 Å². The summed E-state index contributed by atoms with van der Waals surface area (Å²) in [6.07, 6.45) is 1.43. The summed E-state index contributed by atoms with van der Waals surface area (Å²) in [5.41, 5.74) is 9.73. The Hall–Kier alpha value is -1.96. The largest absolute Gasteiger partial charge is 0.462 e. The first kappa shape index (κ1) is 21.1. The lowest BCUT2D eigenvalue weighted by molar-refractivity contribution is 0.0946. The maximum absolute atomic E-state index is 12.5. The molecule has 1 aromatic carbocycles. The molecule has 1 rings (SSSR count). The summed E-state index contributed by atoms with van der Waals surface area (Å²) in [5, 5.41) is 3.18. The summed E-state index contributed by atoms with van der Waals surface area (Å²) in [7, 11) is 1.49. The van der Waals surface area contributed by atoms with Gasteiger partial charge in [-0.25, -0.2) is 0 Å². The second-order valence-electron chi connectivity index (χ2n) is 5.38. The molecule has 7 nitrogen and oxygen atoms in total. The smallest absolute Gasteiger partial charge is 0.255 e. The topological polar surface area (TPSA) is 88.9 Å². The average molecular weight is 371 g/mol. The molecule has 0 spiro atoms. The number of ether oxygens (including phenoxy) is 1. The molecule has 0 saturated heterocycles. The van der Waals surface area contributed by atoms with Crippen molar-refractivity contribution in [3.8, 4) is 5.75 Å². The fourth-order valence-electron chi connectivity index (χ4n) is 2.14. The maximum Gasteiger partial charge on any atom is 0.255 e. The van der Waals surface area contributed by atoms with Crippen LogP contribution in [0.25, 0.3) is 0 Å². The van der Waals surface area contributed by atoms with Gasteiger partial charge < -0.3 is 20.7 Å². The minimum absolute atomic E-state index is 0.269. The van der Waals surface area contributed by atoms with Crippen molar-refractivity contribution in [2.45, 2.75) is 20.8 Å². The molecule has 25 heavy (non-hydrogen) atoms. The van der Waals surface area contributed by atoms with Crippen LogP contribution in [0.4, 0.5) is 5.69 Å². The second-order valence-corrected chi connectivity index (χ2v) is 5.78. The van der Waals surface area contributed by atoms with E-state index in [9.17, 15) is 4.79 Å². The molecule has 0 aliphatic rings. The average Bonchev–Trinajstić information content (AvgIpc) is 2.59. The Morgan fingerprint density at radius 3 is 2.64 bits per heavy atom. The molecule has 0 heterocycles. The van der Waals surface area contributed by atoms with Crippen LogP contribution >= 0.6 is 11.6 Å². The summed E-state index contributed by atoms with van der Waals surface area (Å²) in [5.74, 6) is 0.0503. The zero-order valence-electron chi connectivity index (χ0n) is 15.2. The van der Waals surface area contributed by atoms with Gasteiger partial charge in [-0.2, -0.15) is 0 Å². The number of amides is 1. The molecule has 0 bridgehead atoms. The van der Waals surface area contributed by atoms with Crippen LogP contribution in [0.3, 0.4) is 0 Å². The molecule has 0 aliphatic heterocycles. The Morgan fingerprint density at radius 1 is 1.36 bits per heavy atom. The number of nitrogens with two attached hydrogens (primary N) is 1. The van der Waals surface area contributed by atoms with E-state index in [0.29, 0.717) is 34.3 Å². The quantitative estimate of drug-likeness (QED) is 0.333. The fraction of sp³-hybridized carbons (Fsp3) is 0.471. The number of rotatable bonds is 10. The zero-order chi connectivity index (χ0) is 18.8. The van der Waals surface area contributed by atoms with Crippen LogP contribution in [0.5, 0.6) is 5.75 Å². The summed E-state index contributed by atoms with van der Waals surface area (Å²) < 4.78 is 5.56. The molecule has 0 unspecified atom stereocenters. The van der Waals surface area contributed by atoms with Crippen LogP contribution in [-0.4, -0.2) is 44.1 Å². The van der Waals surface area contributed by atoms with Gasteiger partial charge in [0.2, 0.25) is 0 Å². The van der Waals surface area contributed by atoms with Crippen LogP contribution < -0.4 is 21.3 Å². The number of likely N-dealkylation sites (N-methyl/N-ethyl adjacent to an activating group) is 1. The van der Waals surface area contributed by atoms with E-state index in [-0.39, 0.29) is 5.91 Å². The van der Waals surface area contributed by atoms with Gasteiger partial charge in [-0.3, -0.25) is 15.1 Å². The van der Waals surface area contributed by atoms with Gasteiger partial charge in [0, 0.05) is 19.2 Å². The predicted molar refractivity (Wildman–Crippen MR) is 101 cm³/mol. The lowest BCUT2D eigenvalue weighted by atomic mass is 10.1. The number of benzene rings is 1. The molecule has 0 aromatic heterocycles. The van der Waals surface area contributed by atoms with E-state index in [2.05, 4.69) is 29.5 Å². The van der Waals surface area contributed by atoms with Gasteiger partial charge in [0.15, 0.2) is 0 Å². The van der Waals surface area contributed by atoms with Crippen molar-refractivity contribution >= 4 is 23.2 Å². The number of nitrogens with zero attached hydrogens (tertiary/aromatic N) is 1. The van der Waals surface area contributed by atoms with Crippen LogP contribution in [-0.2, 0) is 4.84 Å². The number of allylic oxidation sites excluding steroid dienone is 1. The van der Waals surface area contributed by atoms with E-state index < -0.39 is 0 Å². The third-order valence-electron chi connectivity index (χ3n) is 3.58. The predicted octanol–water partition coefficient (Wildman–Crippen LogP) is 2.38. The Bertz CT molecular complexity index is 604. The molecule has 1 amide bonds. The van der Waals surface area contributed by atoms with E-state index in [1.807, 2.05) is 0 Å². The molecule has 140 valence electrons. The van der Waals surface area contributed by atoms with Crippen molar-refractivity contribution in [3.63, 3.8) is 0 Å². The molecule has 0 radical (unpaired) electrons. The minimum atomic E-state index is -0.269. The summed E-state index contributed by atoms with van der Waals surface area (Å²) in [4.78, 5) is 19.5. The van der Waals surface area contributed by atoms with Gasteiger partial charge in [0.25, 0.3) is 5.91 Å². The van der Waals surface area contributed by atoms with E-state index in [4.69, 9.17) is 26.9 Å². The van der Waals surface area contributed by atoms with Crippen molar-refractivity contribution in [2.24, 2.45) is 0 Å². The normalized spacial score (nSPS) is 11.5. The highest BCUT2D eigenvalue weighted by molar-refractivity contribution is 6.33. The van der Waals surface area contributed by atoms with Crippen LogP contribution in [0.15, 0.2) is 24.1 Å². The highest BCUT2D eigenvalue weighted by atomic mass is 35.5. The Balaban J connectivity index is 2.87. The molecule has 8 heteroatoms. The molecular weight excluding hydrogens is 344 g/mol. The van der Waals surface area contributed by atoms with E-state index >= 15 is 0 Å². The third-order valence-corrected chi connectivity index (χ3v) is 3.90. The number of halogens is 1. The van der Waals surface area contributed by atoms with Crippen molar-refractivity contribution in [1.29, 1.82) is 0 Å². The van der Waals surface area contributed by atoms with Crippen LogP contribution in [0.2, 0.25) is 5.02 Å². The lowest BCUT2D eigenvalue weighted by Crippen LogP contribution is -2.34. The van der Waals surface area contributed by atoms with Gasteiger partial charge in [-0.15, -0.1) is 0 Å². The first-order chi connectivity index (χ1) is 11.9. The van der Waals surface area contributed by atoms with Gasteiger partial charge in [0.05, 0.1) is 29.1 Å². The minimum Gasteiger partial charge on any atom is -0.462 e. The number of anilines is 1. The monoisotopic (exact) mass is 370 g/mol. The summed E-state index contributed by atoms with van der Waals surface area (Å²) in [6.45, 7) is 9.10. The van der Waals surface area contributed by atoms with Crippen molar-refractivity contribution in [1.82, 2.24) is 15.7 Å². The van der Waals surface area contributed by atoms with Gasteiger partial charge in [-0.1, -0.05) is 25.4 Å². The molecule has 0 fully saturated rings. The first-order valence-electron chi connectivity index (χ1n) is 8.14. The Morgan fingerprint density at radius 2 is 2.04 bits per heavy atom. The summed E-state index contributed by atoms with van der Waals surface area (Å²) >= 11 is 6.06. The van der Waals surface area contributed by atoms with E-state index in [1.165, 1.54) is 25.5 Å². The first-order valence-corrected chi connectivity index (χ1v) is 8.52. The number of hydrogen-bond donors (Lipinski definition) is 3. The fourth-order valence-corrected chi connectivity index (χ4v) is 2.31. The number of hydroxylamine groups is 1. The van der Waals surface area contributed by atoms with Crippen molar-refractivity contribution < 1.29 is 14.4 Å². The SMILES string of the molecule is CCN(CC)CCNC(=O)c1cc(Cl)c(N)cc1OC=C(C)NOC. The molecule has 0 aliphatic carbocycles. The second kappa shape index (κ2) is 10.8. The molecule has 1 aromatic rings. The lowest BCUT2D eigenvalue weighted by Gasteiger charge is -2.18. The molecule has 4 N–H and O–H groups in total.